The molecule has 0 bridgehead atoms. The van der Waals surface area contributed by atoms with Crippen molar-refractivity contribution in [2.75, 3.05) is 52.2 Å². The van der Waals surface area contributed by atoms with Gasteiger partial charge in [0.05, 0.1) is 12.5 Å². The first kappa shape index (κ1) is 34.8. The maximum atomic E-state index is 10.5. The molecule has 31 heavy (non-hydrogen) atoms. The number of ether oxygens (including phenoxy) is 2. The van der Waals surface area contributed by atoms with Gasteiger partial charge in [0.25, 0.3) is 10.1 Å². The van der Waals surface area contributed by atoms with E-state index in [-0.39, 0.29) is 13.2 Å². The Morgan fingerprint density at radius 1 is 0.742 bits per heavy atom. The number of halogens is 1. The van der Waals surface area contributed by atoms with Crippen LogP contribution in [0.1, 0.15) is 52.4 Å². The smallest absolute Gasteiger partial charge is 0.265 e. The lowest BCUT2D eigenvalue weighted by Crippen LogP contribution is -2.02. The lowest BCUT2D eigenvalue weighted by Gasteiger charge is -1.97. The molecule has 1 N–H and O–H groups in total. The van der Waals surface area contributed by atoms with Gasteiger partial charge in [0, 0.05) is 23.9 Å². The summed E-state index contributed by atoms with van der Waals surface area (Å²) in [5.41, 5.74) is 0. The van der Waals surface area contributed by atoms with Crippen LogP contribution < -0.4 is 0 Å². The first-order valence-electron chi connectivity index (χ1n) is 9.89. The Kier molecular flexibility index (Phi) is 28.5. The molecule has 0 aliphatic heterocycles. The minimum Gasteiger partial charge on any atom is -0.384 e. The van der Waals surface area contributed by atoms with E-state index in [1.807, 2.05) is 0 Å². The molecular weight excluding hydrogens is 468 g/mol. The number of unbranched alkanes of at least 4 members (excludes halogenated alkanes) is 4. The average Bonchev–Trinajstić information content (AvgIpc) is 2.64. The van der Waals surface area contributed by atoms with Gasteiger partial charge in [0.2, 0.25) is 9.05 Å². The summed E-state index contributed by atoms with van der Waals surface area (Å²) in [7, 11) is -2.06. The quantitative estimate of drug-likeness (QED) is 0.186. The highest BCUT2D eigenvalue weighted by molar-refractivity contribution is 8.13. The molecule has 8 nitrogen and oxygen atoms in total. The van der Waals surface area contributed by atoms with Gasteiger partial charge in [-0.15, -0.1) is 0 Å². The average molecular weight is 505 g/mol. The molecule has 0 unspecified atom stereocenters. The van der Waals surface area contributed by atoms with E-state index < -0.39 is 19.2 Å². The first-order valence-corrected chi connectivity index (χ1v) is 14.4. The number of aliphatic hydroxyl groups excluding tert-OH is 1. The molecule has 0 radical (unpaired) electrons. The van der Waals surface area contributed by atoms with Crippen molar-refractivity contribution in [1.29, 1.82) is 0 Å². The van der Waals surface area contributed by atoms with Gasteiger partial charge in [-0.05, 0) is 12.8 Å². The van der Waals surface area contributed by atoms with Crippen LogP contribution in [-0.4, -0.2) is 74.1 Å². The Morgan fingerprint density at radius 3 is 1.48 bits per heavy atom. The van der Waals surface area contributed by atoms with Crippen LogP contribution in [0, 0.1) is 23.7 Å². The van der Waals surface area contributed by atoms with Gasteiger partial charge >= 0.3 is 0 Å². The highest BCUT2D eigenvalue weighted by Crippen LogP contribution is 1.94. The molecule has 0 saturated heterocycles. The second-order valence-electron chi connectivity index (χ2n) is 6.03. The van der Waals surface area contributed by atoms with E-state index in [0.29, 0.717) is 19.8 Å². The van der Waals surface area contributed by atoms with Crippen LogP contribution in [0.3, 0.4) is 0 Å². The summed E-state index contributed by atoms with van der Waals surface area (Å²) in [4.78, 5) is 0. The largest absolute Gasteiger partial charge is 0.384 e. The summed E-state index contributed by atoms with van der Waals surface area (Å²) in [6.07, 6.45) is 8.82. The molecule has 11 heteroatoms. The number of rotatable bonds is 12. The normalized spacial score (nSPS) is 10.3. The predicted octanol–water partition coefficient (Wildman–Crippen LogP) is 2.55. The van der Waals surface area contributed by atoms with Crippen molar-refractivity contribution in [1.82, 2.24) is 0 Å². The molecule has 0 aromatic heterocycles. The zero-order valence-corrected chi connectivity index (χ0v) is 21.4. The van der Waals surface area contributed by atoms with E-state index in [9.17, 15) is 16.8 Å². The second-order valence-corrected chi connectivity index (χ2v) is 10.7. The van der Waals surface area contributed by atoms with Gasteiger partial charge in [-0.1, -0.05) is 63.2 Å². The second kappa shape index (κ2) is 25.4. The van der Waals surface area contributed by atoms with Crippen molar-refractivity contribution in [3.63, 3.8) is 0 Å². The summed E-state index contributed by atoms with van der Waals surface area (Å²) in [5, 5.41) is 8.28. The van der Waals surface area contributed by atoms with E-state index in [1.54, 1.807) is 0 Å². The van der Waals surface area contributed by atoms with Crippen LogP contribution in [-0.2, 0) is 32.8 Å². The third kappa shape index (κ3) is 58.6. The zero-order chi connectivity index (χ0) is 24.4. The van der Waals surface area contributed by atoms with E-state index in [1.165, 1.54) is 12.8 Å². The highest BCUT2D eigenvalue weighted by Gasteiger charge is 1.97. The van der Waals surface area contributed by atoms with Gasteiger partial charge in [-0.25, -0.2) is 8.42 Å². The SMILES string of the molecule is CCCCCOCC#CCO.CCCCCOCC#CCOS(C)(=O)=O.CS(=O)(=O)Cl. The molecular formula is C20H37ClO8S2. The van der Waals surface area contributed by atoms with Crippen molar-refractivity contribution in [3.8, 4) is 23.7 Å². The summed E-state index contributed by atoms with van der Waals surface area (Å²) in [5.74, 6) is 10.4. The van der Waals surface area contributed by atoms with E-state index in [4.69, 9.17) is 14.6 Å². The zero-order valence-electron chi connectivity index (χ0n) is 19.0. The van der Waals surface area contributed by atoms with Crippen LogP contribution in [0.25, 0.3) is 0 Å². The van der Waals surface area contributed by atoms with Crippen molar-refractivity contribution >= 4 is 29.9 Å². The summed E-state index contributed by atoms with van der Waals surface area (Å²) < 4.78 is 54.6. The maximum Gasteiger partial charge on any atom is 0.265 e. The predicted molar refractivity (Wildman–Crippen MR) is 125 cm³/mol. The minimum absolute atomic E-state index is 0.0711. The lowest BCUT2D eigenvalue weighted by atomic mass is 10.3. The Bertz CT molecular complexity index is 706. The molecule has 0 fully saturated rings. The van der Waals surface area contributed by atoms with Crippen LogP contribution in [0.4, 0.5) is 0 Å². The summed E-state index contributed by atoms with van der Waals surface area (Å²) >= 11 is 0. The van der Waals surface area contributed by atoms with Crippen molar-refractivity contribution < 1.29 is 35.6 Å². The Morgan fingerprint density at radius 2 is 1.13 bits per heavy atom. The van der Waals surface area contributed by atoms with Crippen LogP contribution in [0.2, 0.25) is 0 Å². The fourth-order valence-electron chi connectivity index (χ4n) is 1.50. The third-order valence-corrected chi connectivity index (χ3v) is 3.35. The van der Waals surface area contributed by atoms with Gasteiger partial charge in [-0.2, -0.15) is 8.42 Å². The van der Waals surface area contributed by atoms with Crippen molar-refractivity contribution in [3.05, 3.63) is 0 Å². The Hall–Kier alpha value is -0.850. The van der Waals surface area contributed by atoms with Gasteiger partial charge in [-0.3, -0.25) is 4.18 Å². The number of aliphatic hydroxyl groups is 1. The van der Waals surface area contributed by atoms with E-state index in [2.05, 4.69) is 52.4 Å². The molecule has 0 aromatic carbocycles. The number of hydrogen-bond donors (Lipinski definition) is 1. The summed E-state index contributed by atoms with van der Waals surface area (Å²) in [6, 6.07) is 0. The minimum atomic E-state index is -3.37. The molecule has 0 spiro atoms. The molecule has 0 amide bonds. The third-order valence-electron chi connectivity index (χ3n) is 2.81. The highest BCUT2D eigenvalue weighted by atomic mass is 35.7. The fourth-order valence-corrected chi connectivity index (χ4v) is 1.77. The van der Waals surface area contributed by atoms with Crippen LogP contribution >= 0.6 is 10.7 Å². The summed E-state index contributed by atoms with van der Waals surface area (Å²) in [6.45, 7) is 6.38. The molecule has 0 heterocycles. The molecule has 0 aromatic rings. The topological polar surface area (TPSA) is 116 Å². The van der Waals surface area contributed by atoms with Gasteiger partial charge < -0.3 is 14.6 Å². The fraction of sp³-hybridized carbons (Fsp3) is 0.800. The molecule has 0 atom stereocenters. The molecule has 0 saturated carbocycles. The van der Waals surface area contributed by atoms with Gasteiger partial charge in [0.1, 0.15) is 26.4 Å². The Balaban J connectivity index is -0.000000428. The Labute approximate surface area is 193 Å². The lowest BCUT2D eigenvalue weighted by molar-refractivity contribution is 0.162. The maximum absolute atomic E-state index is 10.5. The number of hydrogen-bond acceptors (Lipinski definition) is 8. The van der Waals surface area contributed by atoms with E-state index >= 15 is 0 Å². The van der Waals surface area contributed by atoms with E-state index in [0.717, 1.165) is 44.8 Å². The molecule has 0 aliphatic rings. The standard InChI is InChI=1S/C10H18O4S.C9H16O2.CH3ClO2S/c1-3-4-5-8-13-9-6-7-10-14-15(2,11)12;1-2-3-5-8-11-9-6-4-7-10;1-5(2,3)4/h3-5,8-10H2,1-2H3;10H,2-3,5,7-9H2,1H3;1H3. The van der Waals surface area contributed by atoms with Crippen LogP contribution in [0.5, 0.6) is 0 Å². The monoisotopic (exact) mass is 504 g/mol. The van der Waals surface area contributed by atoms with Crippen molar-refractivity contribution in [2.45, 2.75) is 52.4 Å². The molecule has 0 aliphatic carbocycles. The van der Waals surface area contributed by atoms with Gasteiger partial charge in [0.15, 0.2) is 0 Å². The molecule has 184 valence electrons. The van der Waals surface area contributed by atoms with Crippen molar-refractivity contribution in [2.24, 2.45) is 0 Å². The first-order chi connectivity index (χ1) is 14.5. The molecule has 0 rings (SSSR count). The van der Waals surface area contributed by atoms with Crippen LogP contribution in [0.15, 0.2) is 0 Å².